The zero-order valence-corrected chi connectivity index (χ0v) is 20.8. The molecule has 1 heterocycles. The monoisotopic (exact) mass is 497 g/mol. The van der Waals surface area contributed by atoms with E-state index in [9.17, 15) is 4.79 Å². The molecular weight excluding hydrogens is 474 g/mol. The lowest BCUT2D eigenvalue weighted by Gasteiger charge is -2.10. The predicted octanol–water partition coefficient (Wildman–Crippen LogP) is 7.05. The topological polar surface area (TPSA) is 46.4 Å². The molecule has 1 amide bonds. The maximum Gasteiger partial charge on any atom is 0.250 e. The van der Waals surface area contributed by atoms with E-state index in [1.165, 1.54) is 17.1 Å². The summed E-state index contributed by atoms with van der Waals surface area (Å²) >= 11 is 7.93. The van der Waals surface area contributed by atoms with Gasteiger partial charge in [0.05, 0.1) is 12.0 Å². The maximum atomic E-state index is 12.5. The van der Waals surface area contributed by atoms with Crippen molar-refractivity contribution < 1.29 is 4.79 Å². The number of fused-ring (bicyclic) bond motifs is 2. The molecule has 1 N–H and O–H groups in total. The molecule has 0 atom stereocenters. The Morgan fingerprint density at radius 2 is 1.66 bits per heavy atom. The molecule has 0 aliphatic heterocycles. The highest BCUT2D eigenvalue weighted by Gasteiger charge is 2.14. The third kappa shape index (κ3) is 4.97. The van der Waals surface area contributed by atoms with Crippen LogP contribution in [-0.4, -0.2) is 22.4 Å². The minimum absolute atomic E-state index is 0.142. The standard InChI is InChI=1S/C29H24ClN3OS/c1-20-25(24-13-5-7-15-27(24)33(20)18-22-10-3-6-14-26(22)30)17-31-32-29(34)19-35-28-16-8-11-21-9-2-4-12-23(21)28/h2-17H,18-19H2,1H3,(H,32,34)/b31-17+. The number of carbonyl (C=O) groups excluding carboxylic acids is 1. The molecular formula is C29H24ClN3OS. The zero-order valence-electron chi connectivity index (χ0n) is 19.2. The van der Waals surface area contributed by atoms with Crippen LogP contribution in [0.2, 0.25) is 5.02 Å². The summed E-state index contributed by atoms with van der Waals surface area (Å²) in [5.74, 6) is 0.148. The van der Waals surface area contributed by atoms with Crippen molar-refractivity contribution in [2.75, 3.05) is 5.75 Å². The normalized spacial score (nSPS) is 11.5. The number of hydrogen-bond donors (Lipinski definition) is 1. The Morgan fingerprint density at radius 3 is 2.51 bits per heavy atom. The molecule has 0 aliphatic carbocycles. The highest BCUT2D eigenvalue weighted by Crippen LogP contribution is 2.28. The largest absolute Gasteiger partial charge is 0.340 e. The van der Waals surface area contributed by atoms with Crippen LogP contribution in [0.5, 0.6) is 0 Å². The first-order valence-corrected chi connectivity index (χ1v) is 12.7. The first kappa shape index (κ1) is 23.2. The van der Waals surface area contributed by atoms with Crippen LogP contribution < -0.4 is 5.43 Å². The number of carbonyl (C=O) groups is 1. The van der Waals surface area contributed by atoms with E-state index in [-0.39, 0.29) is 5.91 Å². The summed E-state index contributed by atoms with van der Waals surface area (Å²) in [6.45, 7) is 2.73. The molecule has 0 saturated carbocycles. The molecule has 1 aromatic heterocycles. The summed E-state index contributed by atoms with van der Waals surface area (Å²) in [5, 5.41) is 8.43. The van der Waals surface area contributed by atoms with Crippen LogP contribution in [0.4, 0.5) is 0 Å². The molecule has 4 nitrogen and oxygen atoms in total. The van der Waals surface area contributed by atoms with Gasteiger partial charge in [-0.25, -0.2) is 5.43 Å². The molecule has 0 spiro atoms. The van der Waals surface area contributed by atoms with Gasteiger partial charge in [-0.05, 0) is 41.5 Å². The Balaban J connectivity index is 1.31. The van der Waals surface area contributed by atoms with E-state index in [0.29, 0.717) is 12.3 Å². The summed E-state index contributed by atoms with van der Waals surface area (Å²) in [6, 6.07) is 30.4. The van der Waals surface area contributed by atoms with Gasteiger partial charge in [-0.15, -0.1) is 11.8 Å². The number of thioether (sulfide) groups is 1. The third-order valence-corrected chi connectivity index (χ3v) is 7.50. The van der Waals surface area contributed by atoms with Gasteiger partial charge in [-0.1, -0.05) is 84.4 Å². The van der Waals surface area contributed by atoms with E-state index in [1.54, 1.807) is 6.21 Å². The van der Waals surface area contributed by atoms with E-state index in [1.807, 2.05) is 60.7 Å². The minimum atomic E-state index is -0.142. The number of nitrogens with one attached hydrogen (secondary N) is 1. The number of amides is 1. The summed E-state index contributed by atoms with van der Waals surface area (Å²) in [5.41, 5.74) is 6.89. The molecule has 174 valence electrons. The van der Waals surface area contributed by atoms with Crippen LogP contribution in [0.25, 0.3) is 21.7 Å². The van der Waals surface area contributed by atoms with Gasteiger partial charge in [-0.2, -0.15) is 5.10 Å². The van der Waals surface area contributed by atoms with Gasteiger partial charge >= 0.3 is 0 Å². The van der Waals surface area contributed by atoms with Gasteiger partial charge in [-0.3, -0.25) is 4.79 Å². The van der Waals surface area contributed by atoms with Crippen LogP contribution in [-0.2, 0) is 11.3 Å². The summed E-state index contributed by atoms with van der Waals surface area (Å²) < 4.78 is 2.23. The molecule has 4 aromatic carbocycles. The second-order valence-electron chi connectivity index (χ2n) is 8.25. The highest BCUT2D eigenvalue weighted by atomic mass is 35.5. The lowest BCUT2D eigenvalue weighted by molar-refractivity contribution is -0.118. The van der Waals surface area contributed by atoms with E-state index in [2.05, 4.69) is 52.3 Å². The predicted molar refractivity (Wildman–Crippen MR) is 148 cm³/mol. The van der Waals surface area contributed by atoms with Crippen molar-refractivity contribution in [3.05, 3.63) is 113 Å². The van der Waals surface area contributed by atoms with Gasteiger partial charge in [0.15, 0.2) is 0 Å². The fraction of sp³-hybridized carbons (Fsp3) is 0.103. The van der Waals surface area contributed by atoms with Crippen LogP contribution in [0.15, 0.2) is 101 Å². The Morgan fingerprint density at radius 1 is 0.943 bits per heavy atom. The van der Waals surface area contributed by atoms with Crippen molar-refractivity contribution in [2.45, 2.75) is 18.4 Å². The Labute approximate surface area is 213 Å². The van der Waals surface area contributed by atoms with Crippen molar-refractivity contribution in [2.24, 2.45) is 5.10 Å². The number of hydrazone groups is 1. The van der Waals surface area contributed by atoms with Crippen LogP contribution in [0.1, 0.15) is 16.8 Å². The smallest absolute Gasteiger partial charge is 0.250 e. The SMILES string of the molecule is Cc1c(/C=N/NC(=O)CSc2cccc3ccccc23)c2ccccc2n1Cc1ccccc1Cl. The number of nitrogens with zero attached hydrogens (tertiary/aromatic N) is 2. The quantitative estimate of drug-likeness (QED) is 0.149. The molecule has 0 fully saturated rings. The van der Waals surface area contributed by atoms with Crippen molar-refractivity contribution >= 4 is 57.2 Å². The van der Waals surface area contributed by atoms with Gasteiger partial charge in [0, 0.05) is 38.6 Å². The van der Waals surface area contributed by atoms with Crippen LogP contribution in [0.3, 0.4) is 0 Å². The number of aromatic nitrogens is 1. The number of para-hydroxylation sites is 1. The van der Waals surface area contributed by atoms with Crippen molar-refractivity contribution in [1.82, 2.24) is 9.99 Å². The van der Waals surface area contributed by atoms with Gasteiger partial charge in [0.25, 0.3) is 0 Å². The third-order valence-electron chi connectivity index (χ3n) is 6.06. The molecule has 0 aliphatic rings. The van der Waals surface area contributed by atoms with E-state index >= 15 is 0 Å². The number of hydrogen-bond acceptors (Lipinski definition) is 3. The lowest BCUT2D eigenvalue weighted by Crippen LogP contribution is -2.19. The first-order valence-electron chi connectivity index (χ1n) is 11.4. The summed E-state index contributed by atoms with van der Waals surface area (Å²) in [7, 11) is 0. The van der Waals surface area contributed by atoms with E-state index in [4.69, 9.17) is 11.6 Å². The Bertz CT molecular complexity index is 1550. The molecule has 6 heteroatoms. The molecule has 0 unspecified atom stereocenters. The number of benzene rings is 4. The Kier molecular flexibility index (Phi) is 6.89. The highest BCUT2D eigenvalue weighted by molar-refractivity contribution is 8.00. The molecule has 5 rings (SSSR count). The molecule has 0 saturated heterocycles. The van der Waals surface area contributed by atoms with E-state index in [0.717, 1.165) is 43.0 Å². The van der Waals surface area contributed by atoms with Gasteiger partial charge in [0.1, 0.15) is 0 Å². The summed E-state index contributed by atoms with van der Waals surface area (Å²) in [6.07, 6.45) is 1.74. The van der Waals surface area contributed by atoms with E-state index < -0.39 is 0 Å². The number of rotatable bonds is 7. The van der Waals surface area contributed by atoms with Crippen molar-refractivity contribution in [3.8, 4) is 0 Å². The maximum absolute atomic E-state index is 12.5. The molecule has 35 heavy (non-hydrogen) atoms. The summed E-state index contributed by atoms with van der Waals surface area (Å²) in [4.78, 5) is 13.6. The second-order valence-corrected chi connectivity index (χ2v) is 9.68. The second kappa shape index (κ2) is 10.4. The Hall–Kier alpha value is -3.54. The van der Waals surface area contributed by atoms with Crippen LogP contribution in [0, 0.1) is 6.92 Å². The average Bonchev–Trinajstić information content (AvgIpc) is 3.15. The van der Waals surface area contributed by atoms with Gasteiger partial charge < -0.3 is 4.57 Å². The molecule has 0 radical (unpaired) electrons. The average molecular weight is 498 g/mol. The van der Waals surface area contributed by atoms with Gasteiger partial charge in [0.2, 0.25) is 5.91 Å². The van der Waals surface area contributed by atoms with Crippen LogP contribution >= 0.6 is 23.4 Å². The lowest BCUT2D eigenvalue weighted by atomic mass is 10.1. The van der Waals surface area contributed by atoms with Crippen molar-refractivity contribution in [3.63, 3.8) is 0 Å². The zero-order chi connectivity index (χ0) is 24.2. The first-order chi connectivity index (χ1) is 17.1. The molecule has 5 aromatic rings. The molecule has 0 bridgehead atoms. The number of halogens is 1. The fourth-order valence-corrected chi connectivity index (χ4v) is 5.35. The minimum Gasteiger partial charge on any atom is -0.340 e. The fourth-order valence-electron chi connectivity index (χ4n) is 4.29. The van der Waals surface area contributed by atoms with Crippen molar-refractivity contribution in [1.29, 1.82) is 0 Å².